The SMILES string of the molecule is CC(C)(c1ccc(O)c(-n2nc3ccccc3n2)c1)C(O)O. The first kappa shape index (κ1) is 14.5. The molecule has 22 heavy (non-hydrogen) atoms. The third kappa shape index (κ3) is 2.32. The molecule has 0 amide bonds. The lowest BCUT2D eigenvalue weighted by atomic mass is 9.83. The number of aliphatic hydroxyl groups is 2. The van der Waals surface area contributed by atoms with E-state index in [0.29, 0.717) is 22.3 Å². The van der Waals surface area contributed by atoms with E-state index in [1.165, 1.54) is 10.9 Å². The van der Waals surface area contributed by atoms with Gasteiger partial charge in [0, 0.05) is 5.41 Å². The van der Waals surface area contributed by atoms with Gasteiger partial charge in [0.1, 0.15) is 22.5 Å². The highest BCUT2D eigenvalue weighted by molar-refractivity contribution is 5.73. The predicted molar refractivity (Wildman–Crippen MR) is 81.8 cm³/mol. The van der Waals surface area contributed by atoms with Crippen LogP contribution in [0.4, 0.5) is 0 Å². The minimum Gasteiger partial charge on any atom is -0.506 e. The van der Waals surface area contributed by atoms with Crippen LogP contribution in [0.1, 0.15) is 19.4 Å². The molecule has 2 aromatic carbocycles. The molecule has 114 valence electrons. The number of phenols is 1. The fraction of sp³-hybridized carbons (Fsp3) is 0.250. The van der Waals surface area contributed by atoms with Gasteiger partial charge < -0.3 is 15.3 Å². The Balaban J connectivity index is 2.14. The molecule has 1 heterocycles. The summed E-state index contributed by atoms with van der Waals surface area (Å²) < 4.78 is 0. The summed E-state index contributed by atoms with van der Waals surface area (Å²) in [4.78, 5) is 1.35. The topological polar surface area (TPSA) is 91.4 Å². The largest absolute Gasteiger partial charge is 0.506 e. The summed E-state index contributed by atoms with van der Waals surface area (Å²) in [6.07, 6.45) is -1.52. The number of rotatable bonds is 3. The van der Waals surface area contributed by atoms with Gasteiger partial charge in [-0.15, -0.1) is 15.0 Å². The number of aromatic hydroxyl groups is 1. The van der Waals surface area contributed by atoms with Gasteiger partial charge in [0.05, 0.1) is 0 Å². The van der Waals surface area contributed by atoms with Crippen molar-refractivity contribution >= 4 is 11.0 Å². The molecule has 0 saturated heterocycles. The van der Waals surface area contributed by atoms with E-state index in [9.17, 15) is 15.3 Å². The van der Waals surface area contributed by atoms with Gasteiger partial charge in [0.15, 0.2) is 6.29 Å². The van der Waals surface area contributed by atoms with Crippen LogP contribution in [0.5, 0.6) is 5.75 Å². The van der Waals surface area contributed by atoms with Crippen molar-refractivity contribution in [1.82, 2.24) is 15.0 Å². The molecule has 0 saturated carbocycles. The summed E-state index contributed by atoms with van der Waals surface area (Å²) in [5.41, 5.74) is 1.61. The van der Waals surface area contributed by atoms with Crippen molar-refractivity contribution in [2.24, 2.45) is 0 Å². The van der Waals surface area contributed by atoms with Gasteiger partial charge in [-0.2, -0.15) is 0 Å². The van der Waals surface area contributed by atoms with Crippen molar-refractivity contribution in [2.45, 2.75) is 25.6 Å². The van der Waals surface area contributed by atoms with E-state index >= 15 is 0 Å². The lowest BCUT2D eigenvalue weighted by Crippen LogP contribution is -2.33. The fourth-order valence-electron chi connectivity index (χ4n) is 2.20. The number of hydrogen-bond donors (Lipinski definition) is 3. The van der Waals surface area contributed by atoms with Gasteiger partial charge >= 0.3 is 0 Å². The Kier molecular flexibility index (Phi) is 3.35. The molecular weight excluding hydrogens is 282 g/mol. The second kappa shape index (κ2) is 5.08. The minimum absolute atomic E-state index is 0.0206. The average molecular weight is 299 g/mol. The summed E-state index contributed by atoms with van der Waals surface area (Å²) in [5, 5.41) is 37.8. The highest BCUT2D eigenvalue weighted by Crippen LogP contribution is 2.31. The van der Waals surface area contributed by atoms with Crippen LogP contribution in [0.2, 0.25) is 0 Å². The summed E-state index contributed by atoms with van der Waals surface area (Å²) in [6, 6.07) is 12.2. The number of aliphatic hydroxyl groups excluding tert-OH is 1. The second-order valence-electron chi connectivity index (χ2n) is 5.78. The first-order chi connectivity index (χ1) is 10.4. The lowest BCUT2D eigenvalue weighted by molar-refractivity contribution is -0.0891. The van der Waals surface area contributed by atoms with Crippen molar-refractivity contribution in [1.29, 1.82) is 0 Å². The summed E-state index contributed by atoms with van der Waals surface area (Å²) in [5.74, 6) is 0.0206. The smallest absolute Gasteiger partial charge is 0.160 e. The minimum atomic E-state index is -1.52. The van der Waals surface area contributed by atoms with E-state index in [1.807, 2.05) is 24.3 Å². The molecule has 0 spiro atoms. The maximum atomic E-state index is 10.1. The first-order valence-corrected chi connectivity index (χ1v) is 6.91. The highest BCUT2D eigenvalue weighted by Gasteiger charge is 2.29. The number of phenolic OH excluding ortho intramolecular Hbond substituents is 1. The predicted octanol–water partition coefficient (Wildman–Crippen LogP) is 1.71. The Labute approximate surface area is 127 Å². The first-order valence-electron chi connectivity index (χ1n) is 6.91. The van der Waals surface area contributed by atoms with E-state index in [0.717, 1.165) is 0 Å². The monoisotopic (exact) mass is 299 g/mol. The van der Waals surface area contributed by atoms with Gasteiger partial charge in [-0.1, -0.05) is 32.0 Å². The molecule has 0 atom stereocenters. The normalized spacial score (nSPS) is 12.2. The van der Waals surface area contributed by atoms with E-state index in [2.05, 4.69) is 10.2 Å². The molecule has 0 unspecified atom stereocenters. The Bertz CT molecular complexity index is 791. The summed E-state index contributed by atoms with van der Waals surface area (Å²) in [6.45, 7) is 3.42. The number of hydrogen-bond acceptors (Lipinski definition) is 5. The molecule has 0 aliphatic rings. The molecule has 6 nitrogen and oxygen atoms in total. The maximum Gasteiger partial charge on any atom is 0.160 e. The summed E-state index contributed by atoms with van der Waals surface area (Å²) in [7, 11) is 0. The van der Waals surface area contributed by atoms with Gasteiger partial charge in [-0.3, -0.25) is 0 Å². The van der Waals surface area contributed by atoms with Gasteiger partial charge in [0.2, 0.25) is 0 Å². The third-order valence-corrected chi connectivity index (χ3v) is 3.87. The molecule has 0 aliphatic carbocycles. The van der Waals surface area contributed by atoms with E-state index in [-0.39, 0.29) is 5.75 Å². The van der Waals surface area contributed by atoms with Crippen molar-refractivity contribution < 1.29 is 15.3 Å². The quantitative estimate of drug-likeness (QED) is 0.640. The molecule has 3 aromatic rings. The highest BCUT2D eigenvalue weighted by atomic mass is 16.5. The molecule has 0 radical (unpaired) electrons. The van der Waals surface area contributed by atoms with Crippen LogP contribution in [0, 0.1) is 0 Å². The van der Waals surface area contributed by atoms with Crippen LogP contribution < -0.4 is 0 Å². The van der Waals surface area contributed by atoms with E-state index < -0.39 is 11.7 Å². The fourth-order valence-corrected chi connectivity index (χ4v) is 2.20. The number of fused-ring (bicyclic) bond motifs is 1. The standard InChI is InChI=1S/C16H17N3O3/c1-16(2,15(21)22)10-7-8-14(20)13(9-10)19-17-11-5-3-4-6-12(11)18-19/h3-9,15,20-22H,1-2H3. The average Bonchev–Trinajstić information content (AvgIpc) is 2.90. The number of nitrogens with zero attached hydrogens (tertiary/aromatic N) is 3. The molecule has 0 aliphatic heterocycles. The van der Waals surface area contributed by atoms with Crippen LogP contribution >= 0.6 is 0 Å². The van der Waals surface area contributed by atoms with E-state index in [4.69, 9.17) is 0 Å². The summed E-state index contributed by atoms with van der Waals surface area (Å²) >= 11 is 0. The molecule has 1 aromatic heterocycles. The Morgan fingerprint density at radius 2 is 1.59 bits per heavy atom. The Morgan fingerprint density at radius 1 is 1.00 bits per heavy atom. The molecule has 0 fully saturated rings. The van der Waals surface area contributed by atoms with Crippen molar-refractivity contribution in [3.8, 4) is 11.4 Å². The van der Waals surface area contributed by atoms with Crippen LogP contribution in [0.3, 0.4) is 0 Å². The molecular formula is C16H17N3O3. The number of benzene rings is 2. The second-order valence-corrected chi connectivity index (χ2v) is 5.78. The maximum absolute atomic E-state index is 10.1. The zero-order valence-electron chi connectivity index (χ0n) is 12.3. The van der Waals surface area contributed by atoms with Crippen LogP contribution in [-0.4, -0.2) is 36.6 Å². The molecule has 3 rings (SSSR count). The lowest BCUT2D eigenvalue weighted by Gasteiger charge is -2.27. The number of aromatic nitrogens is 3. The van der Waals surface area contributed by atoms with Crippen molar-refractivity contribution in [3.05, 3.63) is 48.0 Å². The zero-order valence-corrected chi connectivity index (χ0v) is 12.3. The molecule has 0 bridgehead atoms. The van der Waals surface area contributed by atoms with Gasteiger partial charge in [-0.05, 0) is 29.8 Å². The zero-order chi connectivity index (χ0) is 15.9. The van der Waals surface area contributed by atoms with E-state index in [1.54, 1.807) is 26.0 Å². The Hall–Kier alpha value is -2.44. The Morgan fingerprint density at radius 3 is 2.14 bits per heavy atom. The molecule has 6 heteroatoms. The molecule has 3 N–H and O–H groups in total. The van der Waals surface area contributed by atoms with Crippen LogP contribution in [-0.2, 0) is 5.41 Å². The van der Waals surface area contributed by atoms with Crippen molar-refractivity contribution in [2.75, 3.05) is 0 Å². The van der Waals surface area contributed by atoms with Gasteiger partial charge in [-0.25, -0.2) is 0 Å². The van der Waals surface area contributed by atoms with Crippen LogP contribution in [0.25, 0.3) is 16.7 Å². The van der Waals surface area contributed by atoms with Gasteiger partial charge in [0.25, 0.3) is 0 Å². The van der Waals surface area contributed by atoms with Crippen LogP contribution in [0.15, 0.2) is 42.5 Å². The third-order valence-electron chi connectivity index (χ3n) is 3.87. The van der Waals surface area contributed by atoms with Crippen molar-refractivity contribution in [3.63, 3.8) is 0 Å².